The zero-order chi connectivity index (χ0) is 14.5. The van der Waals surface area contributed by atoms with Crippen molar-refractivity contribution >= 4 is 11.5 Å². The summed E-state index contributed by atoms with van der Waals surface area (Å²) >= 11 is 0. The predicted molar refractivity (Wildman–Crippen MR) is 73.8 cm³/mol. The van der Waals surface area contributed by atoms with Crippen molar-refractivity contribution in [1.29, 1.82) is 0 Å². The molecule has 0 aliphatic carbocycles. The SMILES string of the molecule is CC(C)CCNc1ncnc(-n2ccnc2)c1[N+](=O)[O-]. The number of aromatic nitrogens is 4. The standard InChI is InChI=1S/C12H16N6O2/c1-9(2)3-4-14-11-10(18(19)20)12(16-7-15-11)17-6-5-13-8-17/h5-9H,3-4H2,1-2H3,(H,14,15,16). The molecule has 2 aromatic heterocycles. The molecule has 8 nitrogen and oxygen atoms in total. The molecule has 0 spiro atoms. The van der Waals surface area contributed by atoms with Gasteiger partial charge in [0, 0.05) is 18.9 Å². The molecule has 2 rings (SSSR count). The van der Waals surface area contributed by atoms with E-state index in [1.54, 1.807) is 6.20 Å². The topological polar surface area (TPSA) is 98.8 Å². The van der Waals surface area contributed by atoms with Crippen LogP contribution >= 0.6 is 0 Å². The van der Waals surface area contributed by atoms with Crippen LogP contribution in [0.1, 0.15) is 20.3 Å². The fraction of sp³-hybridized carbons (Fsp3) is 0.417. The van der Waals surface area contributed by atoms with Crippen molar-refractivity contribution in [2.75, 3.05) is 11.9 Å². The van der Waals surface area contributed by atoms with Crippen molar-refractivity contribution < 1.29 is 4.92 Å². The molecule has 106 valence electrons. The third-order valence-electron chi connectivity index (χ3n) is 2.75. The average Bonchev–Trinajstić information content (AvgIpc) is 2.91. The fourth-order valence-corrected chi connectivity index (χ4v) is 1.72. The van der Waals surface area contributed by atoms with Crippen LogP contribution in [0, 0.1) is 16.0 Å². The highest BCUT2D eigenvalue weighted by atomic mass is 16.6. The highest BCUT2D eigenvalue weighted by molar-refractivity contribution is 5.63. The summed E-state index contributed by atoms with van der Waals surface area (Å²) in [6, 6.07) is 0. The smallest absolute Gasteiger partial charge is 0.354 e. The van der Waals surface area contributed by atoms with E-state index in [0.717, 1.165) is 6.42 Å². The van der Waals surface area contributed by atoms with Gasteiger partial charge in [-0.15, -0.1) is 0 Å². The number of imidazole rings is 1. The second-order valence-corrected chi connectivity index (χ2v) is 4.73. The number of hydrogen-bond donors (Lipinski definition) is 1. The van der Waals surface area contributed by atoms with Crippen molar-refractivity contribution in [3.05, 3.63) is 35.2 Å². The Kier molecular flexibility index (Phi) is 4.24. The van der Waals surface area contributed by atoms with Crippen molar-refractivity contribution in [1.82, 2.24) is 19.5 Å². The van der Waals surface area contributed by atoms with E-state index in [-0.39, 0.29) is 17.3 Å². The Hall–Kier alpha value is -2.51. The Morgan fingerprint density at radius 2 is 2.25 bits per heavy atom. The summed E-state index contributed by atoms with van der Waals surface area (Å²) in [5, 5.41) is 14.3. The lowest BCUT2D eigenvalue weighted by Crippen LogP contribution is -2.11. The van der Waals surface area contributed by atoms with E-state index in [2.05, 4.69) is 34.1 Å². The normalized spacial score (nSPS) is 10.8. The lowest BCUT2D eigenvalue weighted by atomic mass is 10.1. The molecule has 0 aliphatic rings. The van der Waals surface area contributed by atoms with E-state index >= 15 is 0 Å². The third-order valence-corrected chi connectivity index (χ3v) is 2.75. The minimum Gasteiger partial charge on any atom is -0.364 e. The molecule has 20 heavy (non-hydrogen) atoms. The van der Waals surface area contributed by atoms with Gasteiger partial charge in [0.05, 0.1) is 4.92 Å². The molecule has 0 fully saturated rings. The van der Waals surface area contributed by atoms with Crippen LogP contribution in [0.15, 0.2) is 25.0 Å². The van der Waals surface area contributed by atoms with Gasteiger partial charge < -0.3 is 5.32 Å². The third kappa shape index (κ3) is 3.08. The number of nitrogens with one attached hydrogen (secondary N) is 1. The van der Waals surface area contributed by atoms with Crippen LogP contribution < -0.4 is 5.32 Å². The first-order chi connectivity index (χ1) is 9.59. The summed E-state index contributed by atoms with van der Waals surface area (Å²) in [6.45, 7) is 4.80. The Morgan fingerprint density at radius 3 is 2.85 bits per heavy atom. The van der Waals surface area contributed by atoms with E-state index in [1.165, 1.54) is 23.4 Å². The van der Waals surface area contributed by atoms with Crippen molar-refractivity contribution in [3.63, 3.8) is 0 Å². The van der Waals surface area contributed by atoms with E-state index in [9.17, 15) is 10.1 Å². The molecule has 0 atom stereocenters. The minimum atomic E-state index is -0.479. The van der Waals surface area contributed by atoms with Crippen LogP contribution in [0.25, 0.3) is 5.82 Å². The summed E-state index contributed by atoms with van der Waals surface area (Å²) in [5.74, 6) is 0.945. The number of rotatable bonds is 6. The van der Waals surface area contributed by atoms with Gasteiger partial charge in [-0.3, -0.25) is 14.7 Å². The lowest BCUT2D eigenvalue weighted by Gasteiger charge is -2.09. The molecule has 0 unspecified atom stereocenters. The van der Waals surface area contributed by atoms with Gasteiger partial charge in [-0.2, -0.15) is 0 Å². The Labute approximate surface area is 116 Å². The van der Waals surface area contributed by atoms with Crippen LogP contribution in [-0.2, 0) is 0 Å². The lowest BCUT2D eigenvalue weighted by molar-refractivity contribution is -0.384. The maximum atomic E-state index is 11.3. The zero-order valence-corrected chi connectivity index (χ0v) is 11.4. The van der Waals surface area contributed by atoms with E-state index < -0.39 is 4.92 Å². The number of anilines is 1. The quantitative estimate of drug-likeness (QED) is 0.640. The first kappa shape index (κ1) is 13.9. The molecule has 1 N–H and O–H groups in total. The maximum Gasteiger partial charge on any atom is 0.354 e. The second-order valence-electron chi connectivity index (χ2n) is 4.73. The number of nitrogens with zero attached hydrogens (tertiary/aromatic N) is 5. The molecule has 0 amide bonds. The molecule has 0 saturated carbocycles. The molecular weight excluding hydrogens is 260 g/mol. The van der Waals surface area contributed by atoms with Crippen LogP contribution in [0.5, 0.6) is 0 Å². The fourth-order valence-electron chi connectivity index (χ4n) is 1.72. The van der Waals surface area contributed by atoms with Gasteiger partial charge in [0.1, 0.15) is 12.7 Å². The van der Waals surface area contributed by atoms with Gasteiger partial charge in [-0.05, 0) is 12.3 Å². The second kappa shape index (κ2) is 6.09. The van der Waals surface area contributed by atoms with Crippen molar-refractivity contribution in [2.45, 2.75) is 20.3 Å². The van der Waals surface area contributed by atoms with Gasteiger partial charge in [0.25, 0.3) is 0 Å². The highest BCUT2D eigenvalue weighted by Crippen LogP contribution is 2.27. The molecular formula is C12H16N6O2. The molecule has 0 bridgehead atoms. The summed E-state index contributed by atoms with van der Waals surface area (Å²) in [4.78, 5) is 22.6. The van der Waals surface area contributed by atoms with E-state index in [1.807, 2.05) is 0 Å². The monoisotopic (exact) mass is 276 g/mol. The molecule has 0 aliphatic heterocycles. The Bertz CT molecular complexity index is 582. The minimum absolute atomic E-state index is 0.144. The number of nitro groups is 1. The molecule has 2 heterocycles. The van der Waals surface area contributed by atoms with Gasteiger partial charge in [0.2, 0.25) is 11.6 Å². The van der Waals surface area contributed by atoms with Crippen LogP contribution in [0.4, 0.5) is 11.5 Å². The molecule has 0 radical (unpaired) electrons. The molecule has 0 aromatic carbocycles. The Balaban J connectivity index is 2.32. The van der Waals surface area contributed by atoms with Gasteiger partial charge in [-0.25, -0.2) is 15.0 Å². The average molecular weight is 276 g/mol. The van der Waals surface area contributed by atoms with Gasteiger partial charge in [-0.1, -0.05) is 13.8 Å². The molecule has 2 aromatic rings. The first-order valence-electron chi connectivity index (χ1n) is 6.31. The van der Waals surface area contributed by atoms with Crippen LogP contribution in [0.2, 0.25) is 0 Å². The number of hydrogen-bond acceptors (Lipinski definition) is 6. The molecule has 0 saturated heterocycles. The van der Waals surface area contributed by atoms with Crippen molar-refractivity contribution in [2.24, 2.45) is 5.92 Å². The van der Waals surface area contributed by atoms with Crippen molar-refractivity contribution in [3.8, 4) is 5.82 Å². The molecule has 8 heteroatoms. The highest BCUT2D eigenvalue weighted by Gasteiger charge is 2.23. The van der Waals surface area contributed by atoms with E-state index in [0.29, 0.717) is 12.5 Å². The predicted octanol–water partition coefficient (Wildman–Crippen LogP) is 2.03. The van der Waals surface area contributed by atoms with Crippen LogP contribution in [-0.4, -0.2) is 31.0 Å². The largest absolute Gasteiger partial charge is 0.364 e. The van der Waals surface area contributed by atoms with Gasteiger partial charge >= 0.3 is 5.69 Å². The van der Waals surface area contributed by atoms with Crippen LogP contribution in [0.3, 0.4) is 0 Å². The maximum absolute atomic E-state index is 11.3. The summed E-state index contributed by atoms with van der Waals surface area (Å²) in [6.07, 6.45) is 6.82. The summed E-state index contributed by atoms with van der Waals surface area (Å²) in [7, 11) is 0. The zero-order valence-electron chi connectivity index (χ0n) is 11.4. The Morgan fingerprint density at radius 1 is 1.45 bits per heavy atom. The van der Waals surface area contributed by atoms with E-state index in [4.69, 9.17) is 0 Å². The first-order valence-corrected chi connectivity index (χ1v) is 6.31. The van der Waals surface area contributed by atoms with Gasteiger partial charge in [0.15, 0.2) is 0 Å². The summed E-state index contributed by atoms with van der Waals surface area (Å²) < 4.78 is 1.49. The summed E-state index contributed by atoms with van der Waals surface area (Å²) in [5.41, 5.74) is -0.144.